The normalized spacial score (nSPS) is 15.4. The molecule has 10 heteroatoms. The SMILES string of the molecule is O=C(Nc1ccc(Oc2ccc(-n3cccn3)nn2)cc1)C1CC(=O)N(c2ccc(Cl)cc2)C1. The number of halogens is 1. The molecule has 2 aromatic heterocycles. The van der Waals surface area contributed by atoms with Crippen LogP contribution < -0.4 is 15.0 Å². The van der Waals surface area contributed by atoms with Crippen molar-refractivity contribution in [2.45, 2.75) is 6.42 Å². The molecule has 9 nitrogen and oxygen atoms in total. The molecule has 0 aliphatic carbocycles. The van der Waals surface area contributed by atoms with Crippen LogP contribution in [0.3, 0.4) is 0 Å². The first kappa shape index (κ1) is 21.6. The van der Waals surface area contributed by atoms with Gasteiger partial charge in [0.2, 0.25) is 17.7 Å². The van der Waals surface area contributed by atoms with Crippen molar-refractivity contribution in [3.8, 4) is 17.4 Å². The standard InChI is InChI=1S/C24H19ClN6O3/c25-17-2-6-19(7-3-17)30-15-16(14-23(30)32)24(33)27-18-4-8-20(9-5-18)34-22-11-10-21(28-29-22)31-13-1-12-26-31/h1-13,16H,14-15H2,(H,27,33). The molecule has 170 valence electrons. The van der Waals surface area contributed by atoms with Crippen LogP contribution in [-0.4, -0.2) is 38.3 Å². The van der Waals surface area contributed by atoms with Gasteiger partial charge in [-0.25, -0.2) is 4.68 Å². The van der Waals surface area contributed by atoms with Crippen LogP contribution >= 0.6 is 11.6 Å². The number of hydrogen-bond acceptors (Lipinski definition) is 6. The molecule has 1 N–H and O–H groups in total. The van der Waals surface area contributed by atoms with Crippen LogP contribution in [0, 0.1) is 5.92 Å². The first-order chi connectivity index (χ1) is 16.5. The lowest BCUT2D eigenvalue weighted by atomic mass is 10.1. The maximum absolute atomic E-state index is 12.7. The fourth-order valence-electron chi connectivity index (χ4n) is 3.62. The lowest BCUT2D eigenvalue weighted by Crippen LogP contribution is -2.28. The lowest BCUT2D eigenvalue weighted by Gasteiger charge is -2.16. The number of amides is 2. The Balaban J connectivity index is 1.18. The van der Waals surface area contributed by atoms with Crippen molar-refractivity contribution in [1.29, 1.82) is 0 Å². The molecule has 2 amide bonds. The second kappa shape index (κ2) is 9.32. The van der Waals surface area contributed by atoms with Crippen LogP contribution in [0.2, 0.25) is 5.02 Å². The number of anilines is 2. The van der Waals surface area contributed by atoms with Gasteiger partial charge >= 0.3 is 0 Å². The quantitative estimate of drug-likeness (QED) is 0.451. The van der Waals surface area contributed by atoms with Gasteiger partial charge in [-0.2, -0.15) is 5.10 Å². The fraction of sp³-hybridized carbons (Fsp3) is 0.125. The van der Waals surface area contributed by atoms with Crippen molar-refractivity contribution in [2.24, 2.45) is 5.92 Å². The van der Waals surface area contributed by atoms with E-state index in [9.17, 15) is 9.59 Å². The van der Waals surface area contributed by atoms with Gasteiger partial charge < -0.3 is 15.0 Å². The summed E-state index contributed by atoms with van der Waals surface area (Å²) >= 11 is 5.92. The van der Waals surface area contributed by atoms with E-state index >= 15 is 0 Å². The third-order valence-electron chi connectivity index (χ3n) is 5.34. The minimum absolute atomic E-state index is 0.0918. The number of nitrogens with one attached hydrogen (secondary N) is 1. The van der Waals surface area contributed by atoms with Gasteiger partial charge in [-0.05, 0) is 60.7 Å². The van der Waals surface area contributed by atoms with Crippen LogP contribution in [0.5, 0.6) is 11.6 Å². The number of carbonyl (C=O) groups is 2. The maximum atomic E-state index is 12.7. The summed E-state index contributed by atoms with van der Waals surface area (Å²) in [7, 11) is 0. The molecule has 5 rings (SSSR count). The monoisotopic (exact) mass is 474 g/mol. The van der Waals surface area contributed by atoms with Gasteiger partial charge in [-0.15, -0.1) is 10.2 Å². The van der Waals surface area contributed by atoms with Crippen molar-refractivity contribution >= 4 is 34.8 Å². The number of benzene rings is 2. The molecule has 1 fully saturated rings. The molecule has 4 aromatic rings. The van der Waals surface area contributed by atoms with Gasteiger partial charge in [0.1, 0.15) is 5.75 Å². The number of hydrogen-bond donors (Lipinski definition) is 1. The topological polar surface area (TPSA) is 102 Å². The first-order valence-corrected chi connectivity index (χ1v) is 10.9. The van der Waals surface area contributed by atoms with Crippen molar-refractivity contribution in [2.75, 3.05) is 16.8 Å². The van der Waals surface area contributed by atoms with Gasteiger partial charge in [0.25, 0.3) is 0 Å². The van der Waals surface area contributed by atoms with Crippen LogP contribution in [0.15, 0.2) is 79.1 Å². The Kier molecular flexibility index (Phi) is 5.92. The molecular formula is C24H19ClN6O3. The summed E-state index contributed by atoms with van der Waals surface area (Å²) in [6, 6.07) is 19.1. The first-order valence-electron chi connectivity index (χ1n) is 10.5. The van der Waals surface area contributed by atoms with E-state index in [1.54, 1.807) is 88.7 Å². The molecule has 2 aromatic carbocycles. The third kappa shape index (κ3) is 4.74. The zero-order chi connectivity index (χ0) is 23.5. The maximum Gasteiger partial charge on any atom is 0.238 e. The predicted molar refractivity (Wildman–Crippen MR) is 126 cm³/mol. The van der Waals surface area contributed by atoms with Gasteiger partial charge in [0.05, 0.1) is 5.92 Å². The van der Waals surface area contributed by atoms with Crippen LogP contribution in [0.25, 0.3) is 5.82 Å². The van der Waals surface area contributed by atoms with E-state index in [4.69, 9.17) is 16.3 Å². The number of rotatable bonds is 6. The van der Waals surface area contributed by atoms with E-state index in [1.165, 1.54) is 0 Å². The van der Waals surface area contributed by atoms with E-state index in [2.05, 4.69) is 20.6 Å². The van der Waals surface area contributed by atoms with Gasteiger partial charge in [-0.3, -0.25) is 9.59 Å². The molecule has 0 spiro atoms. The second-order valence-electron chi connectivity index (χ2n) is 7.68. The highest BCUT2D eigenvalue weighted by Crippen LogP contribution is 2.28. The third-order valence-corrected chi connectivity index (χ3v) is 5.60. The van der Waals surface area contributed by atoms with E-state index in [1.807, 2.05) is 0 Å². The minimum atomic E-state index is -0.442. The number of aromatic nitrogens is 4. The molecule has 1 saturated heterocycles. The Labute approximate surface area is 199 Å². The highest BCUT2D eigenvalue weighted by Gasteiger charge is 2.35. The van der Waals surface area contributed by atoms with Crippen molar-refractivity contribution < 1.29 is 14.3 Å². The zero-order valence-corrected chi connectivity index (χ0v) is 18.6. The largest absolute Gasteiger partial charge is 0.438 e. The number of nitrogens with zero attached hydrogens (tertiary/aromatic N) is 5. The van der Waals surface area contributed by atoms with E-state index in [-0.39, 0.29) is 18.2 Å². The Morgan fingerprint density at radius 3 is 2.50 bits per heavy atom. The Morgan fingerprint density at radius 1 is 1.03 bits per heavy atom. The predicted octanol–water partition coefficient (Wildman–Crippen LogP) is 4.10. The smallest absolute Gasteiger partial charge is 0.238 e. The second-order valence-corrected chi connectivity index (χ2v) is 8.11. The van der Waals surface area contributed by atoms with Gasteiger partial charge in [0, 0.05) is 47.8 Å². The van der Waals surface area contributed by atoms with Crippen LogP contribution in [0.4, 0.5) is 11.4 Å². The molecule has 3 heterocycles. The zero-order valence-electron chi connectivity index (χ0n) is 17.8. The molecule has 0 radical (unpaired) electrons. The summed E-state index contributed by atoms with van der Waals surface area (Å²) < 4.78 is 7.32. The van der Waals surface area contributed by atoms with E-state index in [0.29, 0.717) is 34.7 Å². The molecule has 0 saturated carbocycles. The Morgan fingerprint density at radius 2 is 1.82 bits per heavy atom. The highest BCUT2D eigenvalue weighted by molar-refractivity contribution is 6.30. The molecular weight excluding hydrogens is 456 g/mol. The number of carbonyl (C=O) groups excluding carboxylic acids is 2. The van der Waals surface area contributed by atoms with Crippen molar-refractivity contribution in [1.82, 2.24) is 20.0 Å². The molecule has 1 aliphatic rings. The average molecular weight is 475 g/mol. The molecule has 0 bridgehead atoms. The minimum Gasteiger partial charge on any atom is -0.438 e. The van der Waals surface area contributed by atoms with Crippen LogP contribution in [0.1, 0.15) is 6.42 Å². The van der Waals surface area contributed by atoms with Gasteiger partial charge in [0.15, 0.2) is 5.82 Å². The van der Waals surface area contributed by atoms with Crippen LogP contribution in [-0.2, 0) is 9.59 Å². The summed E-state index contributed by atoms with van der Waals surface area (Å²) in [6.45, 7) is 0.320. The molecule has 34 heavy (non-hydrogen) atoms. The fourth-order valence-corrected chi connectivity index (χ4v) is 3.75. The lowest BCUT2D eigenvalue weighted by molar-refractivity contribution is -0.122. The summed E-state index contributed by atoms with van der Waals surface area (Å²) in [5, 5.41) is 15.7. The summed E-state index contributed by atoms with van der Waals surface area (Å²) in [5.41, 5.74) is 1.34. The van der Waals surface area contributed by atoms with E-state index < -0.39 is 5.92 Å². The molecule has 1 atom stereocenters. The molecule has 1 aliphatic heterocycles. The Hall–Kier alpha value is -4.24. The van der Waals surface area contributed by atoms with Crippen molar-refractivity contribution in [3.63, 3.8) is 0 Å². The average Bonchev–Trinajstić information content (AvgIpc) is 3.52. The highest BCUT2D eigenvalue weighted by atomic mass is 35.5. The Bertz CT molecular complexity index is 1290. The summed E-state index contributed by atoms with van der Waals surface area (Å²) in [4.78, 5) is 26.7. The van der Waals surface area contributed by atoms with Crippen molar-refractivity contribution in [3.05, 3.63) is 84.1 Å². The summed E-state index contributed by atoms with van der Waals surface area (Å²) in [5.74, 6) is 0.714. The van der Waals surface area contributed by atoms with Gasteiger partial charge in [-0.1, -0.05) is 11.6 Å². The van der Waals surface area contributed by atoms with E-state index in [0.717, 1.165) is 5.69 Å². The number of ether oxygens (including phenoxy) is 1. The molecule has 1 unspecified atom stereocenters. The summed E-state index contributed by atoms with van der Waals surface area (Å²) in [6.07, 6.45) is 3.59.